The van der Waals surface area contributed by atoms with E-state index in [4.69, 9.17) is 0 Å². The molecule has 0 aromatic heterocycles. The molecule has 1 fully saturated rings. The maximum Gasteiger partial charge on any atom is 0.159 e. The number of hydrogen-bond donors (Lipinski definition) is 1. The molecule has 1 aromatic rings. The molecule has 0 saturated carbocycles. The zero-order chi connectivity index (χ0) is 13.3. The maximum atomic E-state index is 11.3. The molecule has 98 valence electrons. The molecule has 1 aliphatic rings. The van der Waals surface area contributed by atoms with Gasteiger partial charge in [0, 0.05) is 29.4 Å². The Morgan fingerprint density at radius 2 is 1.94 bits per heavy atom. The fourth-order valence-corrected chi connectivity index (χ4v) is 2.77. The molecule has 1 N–H and O–H groups in total. The number of rotatable bonds is 3. The minimum Gasteiger partial charge on any atom is -0.365 e. The molecule has 0 radical (unpaired) electrons. The molecule has 3 heteroatoms. The highest BCUT2D eigenvalue weighted by molar-refractivity contribution is 5.94. The van der Waals surface area contributed by atoms with E-state index in [1.807, 2.05) is 19.2 Å². The Hall–Kier alpha value is -1.35. The van der Waals surface area contributed by atoms with Gasteiger partial charge in [-0.2, -0.15) is 0 Å². The van der Waals surface area contributed by atoms with Gasteiger partial charge in [-0.3, -0.25) is 4.79 Å². The second-order valence-corrected chi connectivity index (χ2v) is 5.72. The Morgan fingerprint density at radius 1 is 1.33 bits per heavy atom. The lowest BCUT2D eigenvalue weighted by atomic mass is 9.99. The summed E-state index contributed by atoms with van der Waals surface area (Å²) >= 11 is 0. The van der Waals surface area contributed by atoms with Gasteiger partial charge in [0.15, 0.2) is 5.78 Å². The van der Waals surface area contributed by atoms with Crippen LogP contribution in [-0.4, -0.2) is 31.0 Å². The Morgan fingerprint density at radius 3 is 2.39 bits per heavy atom. The van der Waals surface area contributed by atoms with Gasteiger partial charge < -0.3 is 10.2 Å². The third kappa shape index (κ3) is 2.41. The standard InChI is InChI=1S/C15H22N2O/c1-11(18)12-5-7-14(8-6-12)17-10-13(16-4)9-15(17,2)3/h5-8,13,16H,9-10H2,1-4H3. The normalized spacial score (nSPS) is 22.2. The van der Waals surface area contributed by atoms with Crippen molar-refractivity contribution in [3.63, 3.8) is 0 Å². The summed E-state index contributed by atoms with van der Waals surface area (Å²) in [7, 11) is 2.02. The predicted molar refractivity (Wildman–Crippen MR) is 75.3 cm³/mol. The molecule has 3 nitrogen and oxygen atoms in total. The number of nitrogens with zero attached hydrogens (tertiary/aromatic N) is 1. The summed E-state index contributed by atoms with van der Waals surface area (Å²) in [6.45, 7) is 7.15. The first-order chi connectivity index (χ1) is 8.44. The highest BCUT2D eigenvalue weighted by Crippen LogP contribution is 2.33. The van der Waals surface area contributed by atoms with E-state index >= 15 is 0 Å². The Kier molecular flexibility index (Phi) is 3.44. The van der Waals surface area contributed by atoms with E-state index in [9.17, 15) is 4.79 Å². The fourth-order valence-electron chi connectivity index (χ4n) is 2.77. The van der Waals surface area contributed by atoms with Crippen molar-refractivity contribution in [1.29, 1.82) is 0 Å². The highest BCUT2D eigenvalue weighted by atomic mass is 16.1. The minimum absolute atomic E-state index is 0.121. The van der Waals surface area contributed by atoms with Crippen molar-refractivity contribution < 1.29 is 4.79 Å². The molecule has 0 spiro atoms. The average molecular weight is 246 g/mol. The molecule has 0 aliphatic carbocycles. The Labute approximate surface area is 109 Å². The smallest absolute Gasteiger partial charge is 0.159 e. The zero-order valence-electron chi connectivity index (χ0n) is 11.7. The van der Waals surface area contributed by atoms with Crippen molar-refractivity contribution in [3.05, 3.63) is 29.8 Å². The van der Waals surface area contributed by atoms with Gasteiger partial charge in [0.1, 0.15) is 0 Å². The number of carbonyl (C=O) groups is 1. The van der Waals surface area contributed by atoms with E-state index in [1.54, 1.807) is 6.92 Å². The predicted octanol–water partition coefficient (Wildman–Crippen LogP) is 2.47. The summed E-state index contributed by atoms with van der Waals surface area (Å²) in [5.74, 6) is 0.121. The molecule has 1 heterocycles. The molecule has 1 unspecified atom stereocenters. The molecule has 1 aliphatic heterocycles. The van der Waals surface area contributed by atoms with Gasteiger partial charge in [-0.05, 0) is 58.5 Å². The van der Waals surface area contributed by atoms with Crippen LogP contribution in [0.1, 0.15) is 37.6 Å². The van der Waals surface area contributed by atoms with Crippen LogP contribution in [-0.2, 0) is 0 Å². The number of benzene rings is 1. The van der Waals surface area contributed by atoms with Crippen LogP contribution >= 0.6 is 0 Å². The number of hydrogen-bond acceptors (Lipinski definition) is 3. The lowest BCUT2D eigenvalue weighted by Crippen LogP contribution is -2.38. The van der Waals surface area contributed by atoms with E-state index < -0.39 is 0 Å². The quantitative estimate of drug-likeness (QED) is 0.832. The molecule has 1 aromatic carbocycles. The maximum absolute atomic E-state index is 11.3. The van der Waals surface area contributed by atoms with Gasteiger partial charge in [0.25, 0.3) is 0 Å². The Bertz CT molecular complexity index is 436. The van der Waals surface area contributed by atoms with E-state index in [1.165, 1.54) is 5.69 Å². The van der Waals surface area contributed by atoms with Crippen LogP contribution in [0.5, 0.6) is 0 Å². The fraction of sp³-hybridized carbons (Fsp3) is 0.533. The van der Waals surface area contributed by atoms with Gasteiger partial charge in [-0.1, -0.05) is 0 Å². The van der Waals surface area contributed by atoms with Crippen molar-refractivity contribution in [2.24, 2.45) is 0 Å². The van der Waals surface area contributed by atoms with Gasteiger partial charge in [-0.25, -0.2) is 0 Å². The molecule has 0 bridgehead atoms. The van der Waals surface area contributed by atoms with Gasteiger partial charge in [-0.15, -0.1) is 0 Å². The van der Waals surface area contributed by atoms with Crippen molar-refractivity contribution in [1.82, 2.24) is 5.32 Å². The average Bonchev–Trinajstić information content (AvgIpc) is 2.64. The zero-order valence-corrected chi connectivity index (χ0v) is 11.7. The number of anilines is 1. The summed E-state index contributed by atoms with van der Waals surface area (Å²) in [5, 5.41) is 3.35. The first kappa shape index (κ1) is 13.1. The summed E-state index contributed by atoms with van der Waals surface area (Å²) in [4.78, 5) is 13.7. The molecule has 1 saturated heterocycles. The number of Topliss-reactive ketones (excluding diaryl/α,β-unsaturated/α-hetero) is 1. The van der Waals surface area contributed by atoms with Crippen LogP contribution in [0.15, 0.2) is 24.3 Å². The lowest BCUT2D eigenvalue weighted by Gasteiger charge is -2.33. The van der Waals surface area contributed by atoms with Crippen LogP contribution in [0.25, 0.3) is 0 Å². The third-order valence-electron chi connectivity index (χ3n) is 3.87. The first-order valence-corrected chi connectivity index (χ1v) is 6.50. The van der Waals surface area contributed by atoms with Crippen molar-refractivity contribution in [3.8, 4) is 0 Å². The largest absolute Gasteiger partial charge is 0.365 e. The van der Waals surface area contributed by atoms with E-state index in [2.05, 4.69) is 36.2 Å². The second kappa shape index (κ2) is 4.73. The van der Waals surface area contributed by atoms with Gasteiger partial charge in [0.2, 0.25) is 0 Å². The summed E-state index contributed by atoms with van der Waals surface area (Å²) in [5.41, 5.74) is 2.13. The molecule has 18 heavy (non-hydrogen) atoms. The van der Waals surface area contributed by atoms with E-state index in [0.29, 0.717) is 6.04 Å². The summed E-state index contributed by atoms with van der Waals surface area (Å²) < 4.78 is 0. The monoisotopic (exact) mass is 246 g/mol. The molecular weight excluding hydrogens is 224 g/mol. The third-order valence-corrected chi connectivity index (χ3v) is 3.87. The summed E-state index contributed by atoms with van der Waals surface area (Å²) in [6.07, 6.45) is 1.14. The van der Waals surface area contributed by atoms with Crippen LogP contribution in [0.4, 0.5) is 5.69 Å². The summed E-state index contributed by atoms with van der Waals surface area (Å²) in [6, 6.07) is 8.47. The first-order valence-electron chi connectivity index (χ1n) is 6.50. The van der Waals surface area contributed by atoms with E-state index in [-0.39, 0.29) is 11.3 Å². The van der Waals surface area contributed by atoms with Crippen LogP contribution < -0.4 is 10.2 Å². The van der Waals surface area contributed by atoms with Gasteiger partial charge in [0.05, 0.1) is 0 Å². The molecule has 0 amide bonds. The van der Waals surface area contributed by atoms with E-state index in [0.717, 1.165) is 18.5 Å². The number of carbonyl (C=O) groups excluding carboxylic acids is 1. The topological polar surface area (TPSA) is 32.3 Å². The second-order valence-electron chi connectivity index (χ2n) is 5.72. The van der Waals surface area contributed by atoms with Crippen LogP contribution in [0, 0.1) is 0 Å². The number of likely N-dealkylation sites (N-methyl/N-ethyl adjacent to an activating group) is 1. The molecule has 1 atom stereocenters. The van der Waals surface area contributed by atoms with Crippen LogP contribution in [0.3, 0.4) is 0 Å². The Balaban J connectivity index is 2.23. The highest BCUT2D eigenvalue weighted by Gasteiger charge is 2.37. The van der Waals surface area contributed by atoms with Gasteiger partial charge >= 0.3 is 0 Å². The number of nitrogens with one attached hydrogen (secondary N) is 1. The van der Waals surface area contributed by atoms with Crippen molar-refractivity contribution in [2.75, 3.05) is 18.5 Å². The number of ketones is 1. The lowest BCUT2D eigenvalue weighted by molar-refractivity contribution is 0.101. The molecule has 2 rings (SSSR count). The van der Waals surface area contributed by atoms with Crippen molar-refractivity contribution in [2.45, 2.75) is 38.8 Å². The van der Waals surface area contributed by atoms with Crippen molar-refractivity contribution >= 4 is 11.5 Å². The minimum atomic E-state index is 0.121. The SMILES string of the molecule is CNC1CN(c2ccc(C(C)=O)cc2)C(C)(C)C1. The van der Waals surface area contributed by atoms with Crippen LogP contribution in [0.2, 0.25) is 0 Å². The molecular formula is C15H22N2O.